The Balaban J connectivity index is 1.54. The van der Waals surface area contributed by atoms with Crippen molar-refractivity contribution in [2.45, 2.75) is 38.6 Å². The molecule has 1 amide bonds. The van der Waals surface area contributed by atoms with Crippen molar-refractivity contribution in [3.05, 3.63) is 42.0 Å². The smallest absolute Gasteiger partial charge is 0.227 e. The zero-order chi connectivity index (χ0) is 16.8. The number of likely N-dealkylation sites (tertiary alicyclic amines) is 1. The van der Waals surface area contributed by atoms with Crippen LogP contribution in [0.2, 0.25) is 0 Å². The normalized spacial score (nSPS) is 22.5. The van der Waals surface area contributed by atoms with Gasteiger partial charge in [0.1, 0.15) is 0 Å². The number of piperidine rings is 1. The Hall–Kier alpha value is -1.65. The second kappa shape index (κ2) is 8.45. The number of nitrogens with zero attached hydrogens (tertiary/aromatic N) is 1. The minimum atomic E-state index is 0.108. The average Bonchev–Trinajstić information content (AvgIpc) is 2.63. The molecule has 1 aromatic rings. The number of carbonyl (C=O) groups is 1. The van der Waals surface area contributed by atoms with Gasteiger partial charge >= 0.3 is 0 Å². The lowest BCUT2D eigenvalue weighted by Gasteiger charge is -2.31. The third-order valence-corrected chi connectivity index (χ3v) is 5.21. The molecule has 1 aliphatic heterocycles. The van der Waals surface area contributed by atoms with E-state index in [0.717, 1.165) is 57.4 Å². The van der Waals surface area contributed by atoms with Crippen molar-refractivity contribution in [3.8, 4) is 0 Å². The quantitative estimate of drug-likeness (QED) is 0.816. The number of anilines is 1. The van der Waals surface area contributed by atoms with Gasteiger partial charge in [-0.15, -0.1) is 0 Å². The maximum absolute atomic E-state index is 12.4. The molecule has 1 fully saturated rings. The van der Waals surface area contributed by atoms with Crippen molar-refractivity contribution in [3.63, 3.8) is 0 Å². The maximum Gasteiger partial charge on any atom is 0.227 e. The first-order chi connectivity index (χ1) is 11.7. The highest BCUT2D eigenvalue weighted by molar-refractivity contribution is 5.92. The summed E-state index contributed by atoms with van der Waals surface area (Å²) >= 11 is 0. The number of hydrogen-bond donors (Lipinski definition) is 2. The molecular formula is C20H28N2O2. The number of aliphatic hydroxyl groups excluding tert-OH is 1. The molecule has 1 atom stereocenters. The van der Waals surface area contributed by atoms with E-state index in [0.29, 0.717) is 12.5 Å². The van der Waals surface area contributed by atoms with E-state index < -0.39 is 0 Å². The minimum absolute atomic E-state index is 0.108. The van der Waals surface area contributed by atoms with Crippen LogP contribution in [-0.4, -0.2) is 35.6 Å². The summed E-state index contributed by atoms with van der Waals surface area (Å²) in [6.07, 6.45) is 9.21. The summed E-state index contributed by atoms with van der Waals surface area (Å²) in [7, 11) is 0. The Morgan fingerprint density at radius 2 is 2.04 bits per heavy atom. The van der Waals surface area contributed by atoms with Crippen molar-refractivity contribution in [1.29, 1.82) is 0 Å². The Labute approximate surface area is 144 Å². The summed E-state index contributed by atoms with van der Waals surface area (Å²) in [5.41, 5.74) is 2.14. The van der Waals surface area contributed by atoms with Crippen molar-refractivity contribution in [2.24, 2.45) is 11.8 Å². The van der Waals surface area contributed by atoms with Crippen LogP contribution in [0, 0.1) is 11.8 Å². The first-order valence-corrected chi connectivity index (χ1v) is 9.12. The molecule has 1 saturated heterocycles. The van der Waals surface area contributed by atoms with Gasteiger partial charge in [0.2, 0.25) is 5.91 Å². The third-order valence-electron chi connectivity index (χ3n) is 5.21. The van der Waals surface area contributed by atoms with Gasteiger partial charge in [0, 0.05) is 24.8 Å². The molecule has 2 aliphatic rings. The van der Waals surface area contributed by atoms with Gasteiger partial charge in [-0.25, -0.2) is 0 Å². The molecule has 0 spiro atoms. The maximum atomic E-state index is 12.4. The van der Waals surface area contributed by atoms with E-state index in [4.69, 9.17) is 0 Å². The fourth-order valence-electron chi connectivity index (χ4n) is 3.61. The molecule has 0 saturated carbocycles. The highest BCUT2D eigenvalue weighted by atomic mass is 16.3. The first kappa shape index (κ1) is 17.2. The number of nitrogens with one attached hydrogen (secondary N) is 1. The van der Waals surface area contributed by atoms with Crippen molar-refractivity contribution in [1.82, 2.24) is 4.90 Å². The zero-order valence-electron chi connectivity index (χ0n) is 14.3. The Bertz CT molecular complexity index is 577. The van der Waals surface area contributed by atoms with Crippen LogP contribution in [0.5, 0.6) is 0 Å². The number of hydrogen-bond acceptors (Lipinski definition) is 3. The highest BCUT2D eigenvalue weighted by Crippen LogP contribution is 2.22. The molecular weight excluding hydrogens is 300 g/mol. The van der Waals surface area contributed by atoms with E-state index in [1.54, 1.807) is 0 Å². The van der Waals surface area contributed by atoms with E-state index in [1.807, 2.05) is 12.1 Å². The number of aliphatic hydroxyl groups is 1. The predicted molar refractivity (Wildman–Crippen MR) is 96.6 cm³/mol. The zero-order valence-corrected chi connectivity index (χ0v) is 14.3. The third kappa shape index (κ3) is 4.68. The molecule has 0 radical (unpaired) electrons. The summed E-state index contributed by atoms with van der Waals surface area (Å²) < 4.78 is 0. The summed E-state index contributed by atoms with van der Waals surface area (Å²) in [6, 6.07) is 8.20. The standard InChI is InChI=1S/C20H28N2O2/c23-15-16-9-11-22(12-10-16)14-17-5-4-8-19(13-17)21-20(24)18-6-2-1-3-7-18/h1-2,4-5,8,13,16,18,23H,3,6-7,9-12,14-15H2,(H,21,24). The fraction of sp³-hybridized carbons (Fsp3) is 0.550. The molecule has 130 valence electrons. The van der Waals surface area contributed by atoms with E-state index in [-0.39, 0.29) is 11.8 Å². The van der Waals surface area contributed by atoms with Gasteiger partial charge in [-0.2, -0.15) is 0 Å². The molecule has 1 unspecified atom stereocenters. The monoisotopic (exact) mass is 328 g/mol. The molecule has 1 heterocycles. The van der Waals surface area contributed by atoms with Gasteiger partial charge in [0.25, 0.3) is 0 Å². The Kier molecular flexibility index (Phi) is 6.05. The summed E-state index contributed by atoms with van der Waals surface area (Å²) in [4.78, 5) is 14.8. The van der Waals surface area contributed by atoms with Gasteiger partial charge in [-0.3, -0.25) is 9.69 Å². The molecule has 4 heteroatoms. The highest BCUT2D eigenvalue weighted by Gasteiger charge is 2.20. The number of carbonyl (C=O) groups excluding carboxylic acids is 1. The lowest BCUT2D eigenvalue weighted by atomic mass is 9.93. The summed E-state index contributed by atoms with van der Waals surface area (Å²) in [6.45, 7) is 3.30. The van der Waals surface area contributed by atoms with Crippen molar-refractivity contribution >= 4 is 11.6 Å². The van der Waals surface area contributed by atoms with Crippen LogP contribution < -0.4 is 5.32 Å². The minimum Gasteiger partial charge on any atom is -0.396 e. The van der Waals surface area contributed by atoms with Gasteiger partial charge < -0.3 is 10.4 Å². The molecule has 4 nitrogen and oxygen atoms in total. The van der Waals surface area contributed by atoms with Crippen molar-refractivity contribution in [2.75, 3.05) is 25.0 Å². The topological polar surface area (TPSA) is 52.6 Å². The second-order valence-electron chi connectivity index (χ2n) is 7.07. The van der Waals surface area contributed by atoms with Crippen LogP contribution in [0.25, 0.3) is 0 Å². The van der Waals surface area contributed by atoms with Crippen LogP contribution >= 0.6 is 0 Å². The van der Waals surface area contributed by atoms with Crippen LogP contribution in [-0.2, 0) is 11.3 Å². The Morgan fingerprint density at radius 3 is 2.75 bits per heavy atom. The Morgan fingerprint density at radius 1 is 1.21 bits per heavy atom. The lowest BCUT2D eigenvalue weighted by molar-refractivity contribution is -0.120. The van der Waals surface area contributed by atoms with Crippen LogP contribution in [0.15, 0.2) is 36.4 Å². The van der Waals surface area contributed by atoms with E-state index in [1.165, 1.54) is 5.56 Å². The van der Waals surface area contributed by atoms with Gasteiger partial charge in [-0.05, 0) is 68.8 Å². The van der Waals surface area contributed by atoms with Crippen LogP contribution in [0.1, 0.15) is 37.7 Å². The first-order valence-electron chi connectivity index (χ1n) is 9.12. The van der Waals surface area contributed by atoms with Crippen molar-refractivity contribution < 1.29 is 9.90 Å². The predicted octanol–water partition coefficient (Wildman–Crippen LogP) is 3.19. The molecule has 1 aromatic carbocycles. The molecule has 1 aliphatic carbocycles. The van der Waals surface area contributed by atoms with Gasteiger partial charge in [0.05, 0.1) is 0 Å². The SMILES string of the molecule is O=C(Nc1cccc(CN2CCC(CO)CC2)c1)C1CC=CCC1. The second-order valence-corrected chi connectivity index (χ2v) is 7.07. The molecule has 0 aromatic heterocycles. The van der Waals surface area contributed by atoms with E-state index >= 15 is 0 Å². The fourth-order valence-corrected chi connectivity index (χ4v) is 3.61. The molecule has 0 bridgehead atoms. The number of amides is 1. The van der Waals surface area contributed by atoms with E-state index in [9.17, 15) is 9.90 Å². The van der Waals surface area contributed by atoms with Crippen LogP contribution in [0.4, 0.5) is 5.69 Å². The lowest BCUT2D eigenvalue weighted by Crippen LogP contribution is -2.34. The number of allylic oxidation sites excluding steroid dienone is 2. The molecule has 3 rings (SSSR count). The summed E-state index contributed by atoms with van der Waals surface area (Å²) in [5, 5.41) is 12.3. The van der Waals surface area contributed by atoms with Gasteiger partial charge in [-0.1, -0.05) is 24.3 Å². The molecule has 24 heavy (non-hydrogen) atoms. The molecule has 2 N–H and O–H groups in total. The number of benzene rings is 1. The van der Waals surface area contributed by atoms with Gasteiger partial charge in [0.15, 0.2) is 0 Å². The largest absolute Gasteiger partial charge is 0.396 e. The van der Waals surface area contributed by atoms with E-state index in [2.05, 4.69) is 34.5 Å². The average molecular weight is 328 g/mol. The summed E-state index contributed by atoms with van der Waals surface area (Å²) in [5.74, 6) is 0.716. The number of rotatable bonds is 5. The van der Waals surface area contributed by atoms with Crippen LogP contribution in [0.3, 0.4) is 0 Å².